The predicted molar refractivity (Wildman–Crippen MR) is 139 cm³/mol. The fraction of sp³-hybridized carbons (Fsp3) is 0.333. The van der Waals surface area contributed by atoms with Crippen molar-refractivity contribution in [3.05, 3.63) is 95.8 Å². The summed E-state index contributed by atoms with van der Waals surface area (Å²) in [5, 5.41) is 0. The molecular formula is C30H31N3O4. The highest BCUT2D eigenvalue weighted by Gasteiger charge is 2.54. The van der Waals surface area contributed by atoms with E-state index >= 15 is 0 Å². The molecule has 0 radical (unpaired) electrons. The average molecular weight is 498 g/mol. The molecule has 0 spiro atoms. The van der Waals surface area contributed by atoms with Crippen molar-refractivity contribution in [3.63, 3.8) is 0 Å². The molecule has 2 aliphatic heterocycles. The minimum atomic E-state index is -1.20. The van der Waals surface area contributed by atoms with Gasteiger partial charge in [-0.1, -0.05) is 54.6 Å². The smallest absolute Gasteiger partial charge is 0.241 e. The minimum absolute atomic E-state index is 0.00412. The van der Waals surface area contributed by atoms with Crippen molar-refractivity contribution in [3.8, 4) is 5.75 Å². The maximum atomic E-state index is 14.0. The monoisotopic (exact) mass is 497 g/mol. The first-order valence-corrected chi connectivity index (χ1v) is 12.8. The van der Waals surface area contributed by atoms with Gasteiger partial charge in [0.1, 0.15) is 11.9 Å². The lowest BCUT2D eigenvalue weighted by molar-refractivity contribution is -0.143. The van der Waals surface area contributed by atoms with E-state index in [0.29, 0.717) is 25.9 Å². The number of nitrogens with zero attached hydrogens (tertiary/aromatic N) is 3. The summed E-state index contributed by atoms with van der Waals surface area (Å²) < 4.78 is 6.02. The van der Waals surface area contributed by atoms with Gasteiger partial charge in [0.05, 0.1) is 18.2 Å². The molecule has 2 aliphatic rings. The molecule has 37 heavy (non-hydrogen) atoms. The molecule has 0 N–H and O–H groups in total. The highest BCUT2D eigenvalue weighted by Crippen LogP contribution is 2.42. The van der Waals surface area contributed by atoms with Crippen LogP contribution in [0.4, 0.5) is 0 Å². The van der Waals surface area contributed by atoms with Crippen molar-refractivity contribution < 1.29 is 19.1 Å². The third kappa shape index (κ3) is 5.12. The van der Waals surface area contributed by atoms with E-state index in [1.165, 1.54) is 4.90 Å². The van der Waals surface area contributed by atoms with Crippen LogP contribution in [-0.4, -0.2) is 51.7 Å². The van der Waals surface area contributed by atoms with Crippen LogP contribution in [0, 0.1) is 6.92 Å². The van der Waals surface area contributed by atoms with Gasteiger partial charge in [0, 0.05) is 45.0 Å². The highest BCUT2D eigenvalue weighted by atomic mass is 16.5. The number of pyridine rings is 1. The topological polar surface area (TPSA) is 79.8 Å². The fourth-order valence-corrected chi connectivity index (χ4v) is 5.48. The third-order valence-electron chi connectivity index (χ3n) is 7.44. The van der Waals surface area contributed by atoms with E-state index in [1.807, 2.05) is 73.7 Å². The van der Waals surface area contributed by atoms with Crippen LogP contribution < -0.4 is 4.74 Å². The van der Waals surface area contributed by atoms with Gasteiger partial charge < -0.3 is 9.64 Å². The molecule has 2 fully saturated rings. The summed E-state index contributed by atoms with van der Waals surface area (Å²) in [6.45, 7) is 3.23. The Balaban J connectivity index is 1.34. The van der Waals surface area contributed by atoms with Crippen LogP contribution in [0.1, 0.15) is 42.4 Å². The van der Waals surface area contributed by atoms with E-state index in [2.05, 4.69) is 4.98 Å². The number of likely N-dealkylation sites (tertiary alicyclic amines) is 2. The van der Waals surface area contributed by atoms with E-state index in [9.17, 15) is 14.4 Å². The van der Waals surface area contributed by atoms with Gasteiger partial charge in [0.2, 0.25) is 17.7 Å². The lowest BCUT2D eigenvalue weighted by Crippen LogP contribution is -2.46. The lowest BCUT2D eigenvalue weighted by Gasteiger charge is -2.35. The van der Waals surface area contributed by atoms with Crippen LogP contribution in [0.15, 0.2) is 79.1 Å². The number of ether oxygens (including phenoxy) is 1. The van der Waals surface area contributed by atoms with Crippen molar-refractivity contribution >= 4 is 17.7 Å². The number of piperidine rings is 1. The van der Waals surface area contributed by atoms with E-state index in [1.54, 1.807) is 17.3 Å². The number of aromatic nitrogens is 1. The molecule has 0 bridgehead atoms. The largest absolute Gasteiger partial charge is 0.489 e. The second kappa shape index (κ2) is 10.5. The molecule has 7 nitrogen and oxygen atoms in total. The minimum Gasteiger partial charge on any atom is -0.489 e. The van der Waals surface area contributed by atoms with Crippen LogP contribution in [0.2, 0.25) is 0 Å². The van der Waals surface area contributed by atoms with Crippen LogP contribution in [0.5, 0.6) is 5.75 Å². The van der Waals surface area contributed by atoms with Gasteiger partial charge in [-0.2, -0.15) is 0 Å². The zero-order valence-corrected chi connectivity index (χ0v) is 21.0. The quantitative estimate of drug-likeness (QED) is 0.460. The Hall–Kier alpha value is -4.00. The van der Waals surface area contributed by atoms with Gasteiger partial charge in [-0.3, -0.25) is 24.3 Å². The van der Waals surface area contributed by atoms with E-state index in [0.717, 1.165) is 22.4 Å². The van der Waals surface area contributed by atoms with Crippen LogP contribution in [0.3, 0.4) is 0 Å². The summed E-state index contributed by atoms with van der Waals surface area (Å²) in [7, 11) is 0. The van der Waals surface area contributed by atoms with Gasteiger partial charge in [0.15, 0.2) is 0 Å². The summed E-state index contributed by atoms with van der Waals surface area (Å²) in [5.74, 6) is 0.0810. The van der Waals surface area contributed by atoms with Gasteiger partial charge in [-0.15, -0.1) is 0 Å². The fourth-order valence-electron chi connectivity index (χ4n) is 5.48. The molecule has 0 saturated carbocycles. The number of amides is 3. The maximum Gasteiger partial charge on any atom is 0.241 e. The molecule has 7 heteroatoms. The Morgan fingerprint density at radius 3 is 2.43 bits per heavy atom. The molecule has 2 aromatic carbocycles. The summed E-state index contributed by atoms with van der Waals surface area (Å²) in [5.41, 5.74) is 1.35. The standard InChI is InChI=1S/C30H31N3O4/c1-22-8-5-6-12-26(22)30(19-28(35)33(29(30)36)21-23-9-3-2-4-10-23)18-27(34)32-16-13-24(14-17-32)37-25-11-7-15-31-20-25/h2-12,15,20,24H,13-14,16-19,21H2,1H3/t30-/m0/s1. The van der Waals surface area contributed by atoms with E-state index in [-0.39, 0.29) is 43.2 Å². The van der Waals surface area contributed by atoms with Crippen molar-refractivity contribution in [1.82, 2.24) is 14.8 Å². The summed E-state index contributed by atoms with van der Waals surface area (Å²) in [6.07, 6.45) is 4.77. The summed E-state index contributed by atoms with van der Waals surface area (Å²) in [6, 6.07) is 20.8. The van der Waals surface area contributed by atoms with Crippen molar-refractivity contribution in [2.24, 2.45) is 0 Å². The first kappa shape index (κ1) is 24.7. The normalized spacial score (nSPS) is 20.4. The van der Waals surface area contributed by atoms with Gasteiger partial charge in [-0.05, 0) is 35.7 Å². The molecule has 5 rings (SSSR count). The second-order valence-electron chi connectivity index (χ2n) is 9.91. The Kier molecular flexibility index (Phi) is 7.04. The van der Waals surface area contributed by atoms with E-state index in [4.69, 9.17) is 4.74 Å². The van der Waals surface area contributed by atoms with Gasteiger partial charge in [-0.25, -0.2) is 0 Å². The van der Waals surface area contributed by atoms with Crippen LogP contribution >= 0.6 is 0 Å². The number of imide groups is 1. The number of carbonyl (C=O) groups excluding carboxylic acids is 3. The van der Waals surface area contributed by atoms with E-state index < -0.39 is 5.41 Å². The molecule has 3 aromatic rings. The Morgan fingerprint density at radius 1 is 1.00 bits per heavy atom. The molecule has 1 atom stereocenters. The van der Waals surface area contributed by atoms with Crippen molar-refractivity contribution in [1.29, 1.82) is 0 Å². The lowest BCUT2D eigenvalue weighted by atomic mass is 9.73. The second-order valence-corrected chi connectivity index (χ2v) is 9.91. The molecule has 3 amide bonds. The Labute approximate surface area is 217 Å². The molecule has 0 unspecified atom stereocenters. The molecule has 1 aromatic heterocycles. The first-order chi connectivity index (χ1) is 18.0. The zero-order valence-electron chi connectivity index (χ0n) is 21.0. The molecular weight excluding hydrogens is 466 g/mol. The zero-order chi connectivity index (χ0) is 25.8. The Morgan fingerprint density at radius 2 is 1.73 bits per heavy atom. The Bertz CT molecular complexity index is 1270. The summed E-state index contributed by atoms with van der Waals surface area (Å²) >= 11 is 0. The van der Waals surface area contributed by atoms with Gasteiger partial charge in [0.25, 0.3) is 0 Å². The molecule has 3 heterocycles. The number of aryl methyl sites for hydroxylation is 1. The van der Waals surface area contributed by atoms with Crippen molar-refractivity contribution in [2.75, 3.05) is 13.1 Å². The predicted octanol–water partition coefficient (Wildman–Crippen LogP) is 4.05. The van der Waals surface area contributed by atoms with Crippen LogP contribution in [-0.2, 0) is 26.3 Å². The molecule has 190 valence electrons. The molecule has 2 saturated heterocycles. The average Bonchev–Trinajstić information content (AvgIpc) is 3.15. The van der Waals surface area contributed by atoms with Crippen molar-refractivity contribution in [2.45, 2.75) is 50.7 Å². The first-order valence-electron chi connectivity index (χ1n) is 12.8. The number of carbonyl (C=O) groups is 3. The highest BCUT2D eigenvalue weighted by molar-refractivity contribution is 6.10. The number of hydrogen-bond donors (Lipinski definition) is 0. The number of benzene rings is 2. The maximum absolute atomic E-state index is 14.0. The third-order valence-corrected chi connectivity index (χ3v) is 7.44. The SMILES string of the molecule is Cc1ccccc1[C@]1(CC(=O)N2CCC(Oc3cccnc3)CC2)CC(=O)N(Cc2ccccc2)C1=O. The number of hydrogen-bond acceptors (Lipinski definition) is 5. The van der Waals surface area contributed by atoms with Gasteiger partial charge >= 0.3 is 0 Å². The molecule has 0 aliphatic carbocycles. The number of rotatable bonds is 7. The summed E-state index contributed by atoms with van der Waals surface area (Å²) in [4.78, 5) is 48.0. The van der Waals surface area contributed by atoms with Crippen LogP contribution in [0.25, 0.3) is 0 Å².